The van der Waals surface area contributed by atoms with Crippen LogP contribution in [-0.2, 0) is 21.7 Å². The van der Waals surface area contributed by atoms with Crippen LogP contribution in [0.1, 0.15) is 125 Å². The minimum atomic E-state index is -0.818. The normalized spacial score (nSPS) is 29.2. The molecule has 0 bridgehead atoms. The number of hydrogen-bond donors (Lipinski definition) is 0. The third kappa shape index (κ3) is 5.82. The van der Waals surface area contributed by atoms with E-state index >= 15 is 0 Å². The molecule has 3 rings (SSSR count). The minimum Gasteiger partial charge on any atom is -0.213 e. The van der Waals surface area contributed by atoms with Gasteiger partial charge in [0.1, 0.15) is 0 Å². The van der Waals surface area contributed by atoms with Crippen LogP contribution >= 0.6 is 0 Å². The first-order valence-electron chi connectivity index (χ1n) is 14.9. The fourth-order valence-corrected chi connectivity index (χ4v) is 5.73. The molecule has 3 atom stereocenters. The van der Waals surface area contributed by atoms with E-state index in [9.17, 15) is 0 Å². The molecule has 0 spiro atoms. The van der Waals surface area contributed by atoms with E-state index in [1.165, 1.54) is 0 Å². The fourth-order valence-electron chi connectivity index (χ4n) is 5.73. The smallest absolute Gasteiger partial charge is 0.0637 e. The van der Waals surface area contributed by atoms with Crippen LogP contribution in [0.2, 0.25) is 0 Å². The standard InChI is InChI=1S/C34H57N6.Ti/c1-26(2,3)22-19-32(38-35-22,29(10,11)12)25(33(30(13,14)15)20-23(36-39-33)27(4,5)6)34(31(16,17)18)21-24(37-40-34)28(7,8)9;/h19-21H,1-18H3;/q-1;. The van der Waals surface area contributed by atoms with E-state index in [0.29, 0.717) is 0 Å². The molecule has 0 saturated heterocycles. The summed E-state index contributed by atoms with van der Waals surface area (Å²) in [6.45, 7) is 40.2. The zero-order valence-corrected chi connectivity index (χ0v) is 31.0. The molecular weight excluding hydrogens is 540 g/mol. The van der Waals surface area contributed by atoms with E-state index in [0.717, 1.165) is 23.0 Å². The third-order valence-electron chi connectivity index (χ3n) is 8.86. The summed E-state index contributed by atoms with van der Waals surface area (Å²) in [5.41, 5.74) is -1.05. The quantitative estimate of drug-likeness (QED) is 0.229. The van der Waals surface area contributed by atoms with E-state index in [-0.39, 0.29) is 54.2 Å². The molecule has 0 N–H and O–H groups in total. The number of hydrogen-bond acceptors (Lipinski definition) is 6. The summed E-state index contributed by atoms with van der Waals surface area (Å²) in [5.74, 6) is 1.09. The molecule has 3 unspecified atom stereocenters. The van der Waals surface area contributed by atoms with Gasteiger partial charge in [0.05, 0.1) is 17.1 Å². The molecule has 0 amide bonds. The van der Waals surface area contributed by atoms with Gasteiger partial charge in [-0.2, -0.15) is 15.3 Å². The van der Waals surface area contributed by atoms with E-state index in [2.05, 4.69) is 143 Å². The van der Waals surface area contributed by atoms with Gasteiger partial charge in [0.25, 0.3) is 0 Å². The first-order valence-corrected chi connectivity index (χ1v) is 14.9. The molecule has 41 heavy (non-hydrogen) atoms. The Bertz CT molecular complexity index is 1060. The van der Waals surface area contributed by atoms with E-state index in [1.807, 2.05) is 0 Å². The van der Waals surface area contributed by atoms with E-state index in [1.54, 1.807) is 0 Å². The van der Waals surface area contributed by atoms with E-state index in [4.69, 9.17) is 30.7 Å². The van der Waals surface area contributed by atoms with Crippen LogP contribution in [0.3, 0.4) is 0 Å². The summed E-state index contributed by atoms with van der Waals surface area (Å²) in [7, 11) is 0. The van der Waals surface area contributed by atoms with Crippen LogP contribution in [0.5, 0.6) is 0 Å². The van der Waals surface area contributed by atoms with Crippen molar-refractivity contribution in [3.05, 3.63) is 41.2 Å². The van der Waals surface area contributed by atoms with Crippen LogP contribution in [0.15, 0.2) is 66.0 Å². The average molecular weight is 598 g/mol. The molecular formula is C34H57N6Ti-. The molecule has 0 fully saturated rings. The monoisotopic (exact) mass is 597 g/mol. The molecule has 3 heterocycles. The molecule has 0 radical (unpaired) electrons. The van der Waals surface area contributed by atoms with Crippen LogP contribution in [0.25, 0.3) is 0 Å². The van der Waals surface area contributed by atoms with Gasteiger partial charge in [-0.25, -0.2) is 21.3 Å². The van der Waals surface area contributed by atoms with Gasteiger partial charge in [-0.05, 0) is 32.9 Å². The van der Waals surface area contributed by atoms with Crippen LogP contribution < -0.4 is 0 Å². The van der Waals surface area contributed by atoms with Crippen molar-refractivity contribution >= 4 is 0 Å². The van der Waals surface area contributed by atoms with Crippen LogP contribution in [0, 0.1) is 38.4 Å². The summed E-state index contributed by atoms with van der Waals surface area (Å²) in [5, 5.41) is 30.7. The van der Waals surface area contributed by atoms with Crippen molar-refractivity contribution < 1.29 is 21.7 Å². The minimum absolute atomic E-state index is 0. The molecule has 0 aromatic rings. The van der Waals surface area contributed by atoms with Gasteiger partial charge >= 0.3 is 0 Å². The Morgan fingerprint density at radius 3 is 0.732 bits per heavy atom. The van der Waals surface area contributed by atoms with Crippen LogP contribution in [0.4, 0.5) is 0 Å². The number of allylic oxidation sites excluding steroid dienone is 3. The second kappa shape index (κ2) is 10.1. The summed E-state index contributed by atoms with van der Waals surface area (Å²) < 4.78 is 0. The van der Waals surface area contributed by atoms with Crippen molar-refractivity contribution in [1.82, 2.24) is 0 Å². The van der Waals surface area contributed by atoms with Gasteiger partial charge in [-0.15, -0.1) is 0 Å². The Hall–Kier alpha value is -1.27. The maximum absolute atomic E-state index is 5.30. The molecule has 0 aliphatic carbocycles. The Morgan fingerprint density at radius 2 is 0.610 bits per heavy atom. The first-order chi connectivity index (χ1) is 17.6. The van der Waals surface area contributed by atoms with Gasteiger partial charge in [0, 0.05) is 38.0 Å². The predicted molar refractivity (Wildman–Crippen MR) is 167 cm³/mol. The van der Waals surface area contributed by atoms with E-state index < -0.39 is 16.6 Å². The summed E-state index contributed by atoms with van der Waals surface area (Å²) in [6.07, 6.45) is 6.96. The van der Waals surface area contributed by atoms with Crippen molar-refractivity contribution in [2.24, 2.45) is 63.2 Å². The second-order valence-electron chi connectivity index (χ2n) is 18.4. The van der Waals surface area contributed by atoms with Crippen molar-refractivity contribution in [1.29, 1.82) is 0 Å². The Balaban J connectivity index is 0.00000588. The van der Waals surface area contributed by atoms with Gasteiger partial charge in [0.15, 0.2) is 0 Å². The van der Waals surface area contributed by atoms with Gasteiger partial charge in [-0.3, -0.25) is 0 Å². The topological polar surface area (TPSA) is 74.2 Å². The Kier molecular flexibility index (Phi) is 8.89. The number of azo groups is 3. The molecule has 3 aliphatic heterocycles. The second-order valence-corrected chi connectivity index (χ2v) is 18.4. The Labute approximate surface area is 266 Å². The number of nitrogens with zero attached hydrogens (tertiary/aromatic N) is 6. The summed E-state index contributed by atoms with van der Waals surface area (Å²) >= 11 is 0. The fraction of sp³-hybridized carbons (Fsp3) is 0.794. The molecule has 0 aromatic carbocycles. The zero-order valence-electron chi connectivity index (χ0n) is 29.4. The van der Waals surface area contributed by atoms with Gasteiger partial charge < -0.3 is 0 Å². The van der Waals surface area contributed by atoms with Crippen molar-refractivity contribution in [3.8, 4) is 0 Å². The SMILES string of the molecule is CC(C)(C)C1=CC([C-](C2(C(C)(C)C)C=C(C(C)(C)C)N=N2)C2(C(C)(C)C)C=C(C(C)(C)C)N=N2)(C(C)(C)C)N=N1.[Ti]. The van der Waals surface area contributed by atoms with Crippen molar-refractivity contribution in [3.63, 3.8) is 0 Å². The number of rotatable bonds is 3. The molecule has 7 heteroatoms. The maximum atomic E-state index is 5.30. The largest absolute Gasteiger partial charge is 0.213 e. The molecule has 0 saturated carbocycles. The molecule has 0 aromatic heterocycles. The van der Waals surface area contributed by atoms with Gasteiger partial charge in [0.2, 0.25) is 0 Å². The van der Waals surface area contributed by atoms with Gasteiger partial charge in [-0.1, -0.05) is 143 Å². The third-order valence-corrected chi connectivity index (χ3v) is 8.86. The average Bonchev–Trinajstić information content (AvgIpc) is 3.44. The van der Waals surface area contributed by atoms with Crippen molar-refractivity contribution in [2.45, 2.75) is 141 Å². The van der Waals surface area contributed by atoms with Crippen LogP contribution in [-0.4, -0.2) is 16.6 Å². The first kappa shape index (κ1) is 35.9. The Morgan fingerprint density at radius 1 is 0.415 bits per heavy atom. The maximum Gasteiger partial charge on any atom is 0.0637 e. The predicted octanol–water partition coefficient (Wildman–Crippen LogP) is 11.1. The van der Waals surface area contributed by atoms with Crippen molar-refractivity contribution in [2.75, 3.05) is 0 Å². The molecule has 228 valence electrons. The zero-order chi connectivity index (χ0) is 31.2. The summed E-state index contributed by atoms with van der Waals surface area (Å²) in [4.78, 5) is 0. The summed E-state index contributed by atoms with van der Waals surface area (Å²) in [6, 6.07) is 0. The molecule has 3 aliphatic rings. The molecule has 6 nitrogen and oxygen atoms in total.